The number of nitrogens with zero attached hydrogens (tertiary/aromatic N) is 2. The van der Waals surface area contributed by atoms with E-state index in [-0.39, 0.29) is 18.1 Å². The smallest absolute Gasteiger partial charge is 0.231 e. The molecule has 0 saturated carbocycles. The number of benzene rings is 2. The minimum Gasteiger partial charge on any atom is -0.454 e. The van der Waals surface area contributed by atoms with Crippen LogP contribution in [0.2, 0.25) is 0 Å². The van der Waals surface area contributed by atoms with Crippen LogP contribution < -0.4 is 14.2 Å². The standard InChI is InChI=1S/C19H14F2N2O3S/c1-11-7-18(26-12-5-6-16-17(8-12)25-10-24-16)23-19(22-11)27-9-13-14(20)3-2-4-15(13)21/h2-8H,9-10H2,1H3. The molecule has 1 aromatic heterocycles. The maximum Gasteiger partial charge on any atom is 0.231 e. The van der Waals surface area contributed by atoms with Crippen LogP contribution in [0.5, 0.6) is 23.1 Å². The summed E-state index contributed by atoms with van der Waals surface area (Å²) in [5.41, 5.74) is 0.670. The Morgan fingerprint density at radius 1 is 1.04 bits per heavy atom. The Labute approximate surface area is 158 Å². The van der Waals surface area contributed by atoms with Gasteiger partial charge < -0.3 is 14.2 Å². The van der Waals surface area contributed by atoms with E-state index < -0.39 is 11.6 Å². The molecule has 2 heterocycles. The summed E-state index contributed by atoms with van der Waals surface area (Å²) < 4.78 is 43.9. The maximum absolute atomic E-state index is 13.8. The van der Waals surface area contributed by atoms with Crippen LogP contribution in [-0.4, -0.2) is 16.8 Å². The fourth-order valence-corrected chi connectivity index (χ4v) is 3.41. The van der Waals surface area contributed by atoms with E-state index >= 15 is 0 Å². The Balaban J connectivity index is 1.51. The first-order chi connectivity index (χ1) is 13.1. The zero-order valence-corrected chi connectivity index (χ0v) is 15.1. The second kappa shape index (κ2) is 7.40. The Bertz CT molecular complexity index is 980. The third kappa shape index (κ3) is 3.95. The molecule has 2 aromatic carbocycles. The van der Waals surface area contributed by atoms with Gasteiger partial charge in [0, 0.05) is 29.1 Å². The van der Waals surface area contributed by atoms with Crippen molar-refractivity contribution in [2.45, 2.75) is 17.8 Å². The number of hydrogen-bond donors (Lipinski definition) is 0. The van der Waals surface area contributed by atoms with Crippen LogP contribution in [0.4, 0.5) is 8.78 Å². The van der Waals surface area contributed by atoms with Crippen molar-refractivity contribution in [1.29, 1.82) is 0 Å². The van der Waals surface area contributed by atoms with E-state index in [1.165, 1.54) is 18.2 Å². The molecule has 0 radical (unpaired) electrons. The summed E-state index contributed by atoms with van der Waals surface area (Å²) in [6, 6.07) is 10.7. The average Bonchev–Trinajstić information content (AvgIpc) is 3.08. The molecule has 0 N–H and O–H groups in total. The van der Waals surface area contributed by atoms with Crippen molar-refractivity contribution in [3.05, 3.63) is 65.4 Å². The van der Waals surface area contributed by atoms with Crippen molar-refractivity contribution >= 4 is 11.8 Å². The van der Waals surface area contributed by atoms with Gasteiger partial charge in [0.1, 0.15) is 17.4 Å². The minimum atomic E-state index is -0.591. The largest absolute Gasteiger partial charge is 0.454 e. The summed E-state index contributed by atoms with van der Waals surface area (Å²) in [5.74, 6) is 1.02. The van der Waals surface area contributed by atoms with Crippen molar-refractivity contribution in [1.82, 2.24) is 9.97 Å². The van der Waals surface area contributed by atoms with Crippen LogP contribution in [0.15, 0.2) is 47.6 Å². The number of aryl methyl sites for hydroxylation is 1. The topological polar surface area (TPSA) is 53.5 Å². The molecule has 0 saturated heterocycles. The molecule has 5 nitrogen and oxygen atoms in total. The molecule has 0 spiro atoms. The van der Waals surface area contributed by atoms with E-state index in [4.69, 9.17) is 14.2 Å². The van der Waals surface area contributed by atoms with Gasteiger partial charge in [-0.25, -0.2) is 13.8 Å². The highest BCUT2D eigenvalue weighted by atomic mass is 32.2. The Hall–Kier alpha value is -2.87. The van der Waals surface area contributed by atoms with Crippen molar-refractivity contribution in [3.8, 4) is 23.1 Å². The molecule has 4 rings (SSSR count). The Kier molecular flexibility index (Phi) is 4.81. The minimum absolute atomic E-state index is 0.00848. The van der Waals surface area contributed by atoms with E-state index in [0.29, 0.717) is 34.0 Å². The van der Waals surface area contributed by atoms with E-state index in [1.54, 1.807) is 31.2 Å². The summed E-state index contributed by atoms with van der Waals surface area (Å²) in [4.78, 5) is 8.60. The molecule has 8 heteroatoms. The molecule has 1 aliphatic rings. The average molecular weight is 388 g/mol. The van der Waals surface area contributed by atoms with E-state index in [2.05, 4.69) is 9.97 Å². The van der Waals surface area contributed by atoms with Gasteiger partial charge in [0.05, 0.1) is 0 Å². The highest BCUT2D eigenvalue weighted by Gasteiger charge is 2.15. The van der Waals surface area contributed by atoms with Gasteiger partial charge in [-0.15, -0.1) is 0 Å². The summed E-state index contributed by atoms with van der Waals surface area (Å²) in [7, 11) is 0. The molecule has 27 heavy (non-hydrogen) atoms. The molecular weight excluding hydrogens is 374 g/mol. The molecule has 0 bridgehead atoms. The molecule has 138 valence electrons. The second-order valence-corrected chi connectivity index (χ2v) is 6.68. The van der Waals surface area contributed by atoms with Gasteiger partial charge in [-0.3, -0.25) is 0 Å². The first kappa shape index (κ1) is 17.5. The van der Waals surface area contributed by atoms with Crippen LogP contribution in [-0.2, 0) is 5.75 Å². The highest BCUT2D eigenvalue weighted by Crippen LogP contribution is 2.36. The number of halogens is 2. The van der Waals surface area contributed by atoms with Crippen LogP contribution in [0.1, 0.15) is 11.3 Å². The van der Waals surface area contributed by atoms with Gasteiger partial charge in [-0.2, -0.15) is 4.98 Å². The van der Waals surface area contributed by atoms with Gasteiger partial charge >= 0.3 is 0 Å². The monoisotopic (exact) mass is 388 g/mol. The lowest BCUT2D eigenvalue weighted by Crippen LogP contribution is -1.97. The summed E-state index contributed by atoms with van der Waals surface area (Å²) in [6.07, 6.45) is 0. The first-order valence-corrected chi connectivity index (χ1v) is 9.06. The molecule has 0 aliphatic carbocycles. The molecule has 3 aromatic rings. The summed E-state index contributed by atoms with van der Waals surface area (Å²) in [5, 5.41) is 0.369. The van der Waals surface area contributed by atoms with Gasteiger partial charge in [0.15, 0.2) is 16.7 Å². The second-order valence-electron chi connectivity index (χ2n) is 5.74. The van der Waals surface area contributed by atoms with Crippen molar-refractivity contribution in [2.75, 3.05) is 6.79 Å². The predicted octanol–water partition coefficient (Wildman–Crippen LogP) is 4.88. The van der Waals surface area contributed by atoms with Crippen molar-refractivity contribution < 1.29 is 23.0 Å². The molecule has 0 unspecified atom stereocenters. The number of ether oxygens (including phenoxy) is 3. The lowest BCUT2D eigenvalue weighted by atomic mass is 10.2. The number of hydrogen-bond acceptors (Lipinski definition) is 6. The predicted molar refractivity (Wildman–Crippen MR) is 95.3 cm³/mol. The molecule has 0 atom stereocenters. The normalized spacial score (nSPS) is 12.3. The summed E-state index contributed by atoms with van der Waals surface area (Å²) in [6.45, 7) is 1.97. The SMILES string of the molecule is Cc1cc(Oc2ccc3c(c2)OCO3)nc(SCc2c(F)cccc2F)n1. The Morgan fingerprint density at radius 2 is 1.81 bits per heavy atom. The van der Waals surface area contributed by atoms with Crippen LogP contribution in [0.3, 0.4) is 0 Å². The number of aromatic nitrogens is 2. The van der Waals surface area contributed by atoms with E-state index in [1.807, 2.05) is 0 Å². The summed E-state index contributed by atoms with van der Waals surface area (Å²) >= 11 is 1.13. The van der Waals surface area contributed by atoms with E-state index in [0.717, 1.165) is 11.8 Å². The molecule has 1 aliphatic heterocycles. The fourth-order valence-electron chi connectivity index (χ4n) is 2.50. The van der Waals surface area contributed by atoms with Crippen LogP contribution >= 0.6 is 11.8 Å². The zero-order chi connectivity index (χ0) is 18.8. The van der Waals surface area contributed by atoms with Gasteiger partial charge in [-0.05, 0) is 31.2 Å². The molecular formula is C19H14F2N2O3S. The molecule has 0 fully saturated rings. The van der Waals surface area contributed by atoms with Gasteiger partial charge in [0.2, 0.25) is 12.7 Å². The van der Waals surface area contributed by atoms with Gasteiger partial charge in [0.25, 0.3) is 0 Å². The van der Waals surface area contributed by atoms with Crippen molar-refractivity contribution in [2.24, 2.45) is 0 Å². The lowest BCUT2D eigenvalue weighted by molar-refractivity contribution is 0.174. The lowest BCUT2D eigenvalue weighted by Gasteiger charge is -2.09. The maximum atomic E-state index is 13.8. The number of thioether (sulfide) groups is 1. The highest BCUT2D eigenvalue weighted by molar-refractivity contribution is 7.98. The van der Waals surface area contributed by atoms with Gasteiger partial charge in [-0.1, -0.05) is 17.8 Å². The zero-order valence-electron chi connectivity index (χ0n) is 14.2. The fraction of sp³-hybridized carbons (Fsp3) is 0.158. The quantitative estimate of drug-likeness (QED) is 0.459. The van der Waals surface area contributed by atoms with Crippen molar-refractivity contribution in [3.63, 3.8) is 0 Å². The third-order valence-electron chi connectivity index (χ3n) is 3.78. The van der Waals surface area contributed by atoms with E-state index in [9.17, 15) is 8.78 Å². The Morgan fingerprint density at radius 3 is 2.63 bits per heavy atom. The number of fused-ring (bicyclic) bond motifs is 1. The molecule has 0 amide bonds. The van der Waals surface area contributed by atoms with Crippen LogP contribution in [0.25, 0.3) is 0 Å². The number of rotatable bonds is 5. The van der Waals surface area contributed by atoms with Crippen LogP contribution in [0, 0.1) is 18.6 Å². The third-order valence-corrected chi connectivity index (χ3v) is 4.66. The first-order valence-electron chi connectivity index (χ1n) is 8.07.